The van der Waals surface area contributed by atoms with Crippen LogP contribution in [0.25, 0.3) is 0 Å². The third-order valence-electron chi connectivity index (χ3n) is 2.40. The molecule has 1 N–H and O–H groups in total. The van der Waals surface area contributed by atoms with Gasteiger partial charge in [0.1, 0.15) is 5.75 Å². The maximum atomic E-state index is 10.0. The fourth-order valence-corrected chi connectivity index (χ4v) is 1.25. The molecular weight excluding hydrogens is 220 g/mol. The van der Waals surface area contributed by atoms with Gasteiger partial charge in [-0.05, 0) is 31.8 Å². The molecular formula is C12H20N2O3. The van der Waals surface area contributed by atoms with Crippen molar-refractivity contribution in [3.63, 3.8) is 0 Å². The molecule has 1 rings (SSSR count). The topological polar surface area (TPSA) is 66.6 Å². The van der Waals surface area contributed by atoms with Crippen molar-refractivity contribution in [1.82, 2.24) is 4.90 Å². The Labute approximate surface area is 102 Å². The lowest BCUT2D eigenvalue weighted by molar-refractivity contribution is -0.384. The Bertz CT molecular complexity index is 316. The molecule has 0 spiro atoms. The van der Waals surface area contributed by atoms with E-state index in [0.29, 0.717) is 0 Å². The van der Waals surface area contributed by atoms with Crippen LogP contribution in [0.2, 0.25) is 0 Å². The smallest absolute Gasteiger partial charge is 0.269 e. The molecule has 0 saturated carbocycles. The number of hydrogen-bond donors (Lipinski definition) is 1. The molecule has 5 heteroatoms. The van der Waals surface area contributed by atoms with Crippen LogP contribution in [0.15, 0.2) is 24.3 Å². The number of nitrogens with zero attached hydrogens (tertiary/aromatic N) is 2. The predicted molar refractivity (Wildman–Crippen MR) is 68.2 cm³/mol. The minimum atomic E-state index is -0.514. The van der Waals surface area contributed by atoms with E-state index in [-0.39, 0.29) is 11.4 Å². The Morgan fingerprint density at radius 3 is 1.76 bits per heavy atom. The van der Waals surface area contributed by atoms with Gasteiger partial charge >= 0.3 is 0 Å². The molecule has 0 bridgehead atoms. The van der Waals surface area contributed by atoms with Gasteiger partial charge < -0.3 is 10.0 Å². The summed E-state index contributed by atoms with van der Waals surface area (Å²) in [5.41, 5.74) is -0.0159. The van der Waals surface area contributed by atoms with E-state index in [0.717, 1.165) is 0 Å². The van der Waals surface area contributed by atoms with Gasteiger partial charge in [0, 0.05) is 12.1 Å². The van der Waals surface area contributed by atoms with Gasteiger partial charge in [-0.2, -0.15) is 0 Å². The van der Waals surface area contributed by atoms with Crippen molar-refractivity contribution >= 4 is 5.69 Å². The van der Waals surface area contributed by atoms with E-state index in [1.54, 1.807) is 0 Å². The van der Waals surface area contributed by atoms with Crippen molar-refractivity contribution in [3.8, 4) is 5.75 Å². The minimum Gasteiger partial charge on any atom is -0.508 e. The molecule has 0 aliphatic carbocycles. The molecule has 0 radical (unpaired) electrons. The normalized spacial score (nSPS) is 9.65. The summed E-state index contributed by atoms with van der Waals surface area (Å²) in [5, 5.41) is 18.8. The summed E-state index contributed by atoms with van der Waals surface area (Å²) in [5.74, 6) is 0.0330. The van der Waals surface area contributed by atoms with Gasteiger partial charge in [0.05, 0.1) is 4.92 Å². The molecule has 0 atom stereocenters. The average Bonchev–Trinajstić information content (AvgIpc) is 2.32. The van der Waals surface area contributed by atoms with E-state index in [9.17, 15) is 10.1 Å². The number of hydrogen-bond acceptors (Lipinski definition) is 4. The van der Waals surface area contributed by atoms with Crippen LogP contribution in [0.1, 0.15) is 20.8 Å². The standard InChI is InChI=1S/C6H5NO3.C6H15N/c8-6-3-1-5(2-4-6)7(9)10;1-4-7(5-2)6-3/h1-4,8H;4-6H2,1-3H3. The lowest BCUT2D eigenvalue weighted by atomic mass is 10.3. The van der Waals surface area contributed by atoms with E-state index < -0.39 is 4.92 Å². The van der Waals surface area contributed by atoms with Crippen molar-refractivity contribution in [2.75, 3.05) is 19.6 Å². The van der Waals surface area contributed by atoms with Crippen LogP contribution in [-0.2, 0) is 0 Å². The first kappa shape index (κ1) is 15.4. The first-order chi connectivity index (χ1) is 8.04. The monoisotopic (exact) mass is 240 g/mol. The van der Waals surface area contributed by atoms with Crippen LogP contribution in [0, 0.1) is 10.1 Å². The first-order valence-electron chi connectivity index (χ1n) is 5.70. The molecule has 0 saturated heterocycles. The van der Waals surface area contributed by atoms with Crippen LogP contribution >= 0.6 is 0 Å². The Hall–Kier alpha value is -1.62. The summed E-state index contributed by atoms with van der Waals surface area (Å²) in [6, 6.07) is 5.04. The number of phenolic OH excluding ortho intramolecular Hbond substituents is 1. The quantitative estimate of drug-likeness (QED) is 0.649. The first-order valence-corrected chi connectivity index (χ1v) is 5.70. The number of nitro groups is 1. The second-order valence-corrected chi connectivity index (χ2v) is 3.39. The molecule has 5 nitrogen and oxygen atoms in total. The molecule has 96 valence electrons. The van der Waals surface area contributed by atoms with Gasteiger partial charge in [-0.1, -0.05) is 20.8 Å². The molecule has 0 unspecified atom stereocenters. The third kappa shape index (κ3) is 6.52. The predicted octanol–water partition coefficient (Wildman–Crippen LogP) is 2.65. The molecule has 0 fully saturated rings. The second-order valence-electron chi connectivity index (χ2n) is 3.39. The molecule has 0 aliphatic heterocycles. The molecule has 0 heterocycles. The average molecular weight is 240 g/mol. The fraction of sp³-hybridized carbons (Fsp3) is 0.500. The van der Waals surface area contributed by atoms with Crippen molar-refractivity contribution < 1.29 is 10.0 Å². The number of rotatable bonds is 4. The molecule has 0 aliphatic rings. The van der Waals surface area contributed by atoms with Crippen molar-refractivity contribution in [3.05, 3.63) is 34.4 Å². The Balaban J connectivity index is 0.000000325. The van der Waals surface area contributed by atoms with Crippen LogP contribution < -0.4 is 0 Å². The molecule has 1 aromatic carbocycles. The van der Waals surface area contributed by atoms with Crippen LogP contribution in [0.5, 0.6) is 5.75 Å². The van der Waals surface area contributed by atoms with Gasteiger partial charge in [0.15, 0.2) is 0 Å². The van der Waals surface area contributed by atoms with E-state index >= 15 is 0 Å². The highest BCUT2D eigenvalue weighted by molar-refractivity contribution is 5.34. The Morgan fingerprint density at radius 2 is 1.53 bits per heavy atom. The number of non-ortho nitro benzene ring substituents is 1. The maximum Gasteiger partial charge on any atom is 0.269 e. The minimum absolute atomic E-state index is 0.0159. The summed E-state index contributed by atoms with van der Waals surface area (Å²) in [7, 11) is 0. The number of aromatic hydroxyl groups is 1. The van der Waals surface area contributed by atoms with Crippen molar-refractivity contribution in [2.45, 2.75) is 20.8 Å². The Kier molecular flexibility index (Phi) is 7.71. The van der Waals surface area contributed by atoms with Crippen molar-refractivity contribution in [1.29, 1.82) is 0 Å². The Morgan fingerprint density at radius 1 is 1.12 bits per heavy atom. The lowest BCUT2D eigenvalue weighted by Gasteiger charge is -2.13. The van der Waals surface area contributed by atoms with E-state index in [4.69, 9.17) is 5.11 Å². The highest BCUT2D eigenvalue weighted by atomic mass is 16.6. The van der Waals surface area contributed by atoms with Gasteiger partial charge in [-0.3, -0.25) is 10.1 Å². The van der Waals surface area contributed by atoms with Gasteiger partial charge in [-0.25, -0.2) is 0 Å². The van der Waals surface area contributed by atoms with Crippen molar-refractivity contribution in [2.24, 2.45) is 0 Å². The highest BCUT2D eigenvalue weighted by Gasteiger charge is 2.01. The third-order valence-corrected chi connectivity index (χ3v) is 2.40. The van der Waals surface area contributed by atoms with Crippen LogP contribution in [0.3, 0.4) is 0 Å². The molecule has 1 aromatic rings. The zero-order valence-corrected chi connectivity index (χ0v) is 10.6. The molecule has 0 amide bonds. The van der Waals surface area contributed by atoms with E-state index in [2.05, 4.69) is 25.7 Å². The van der Waals surface area contributed by atoms with Crippen LogP contribution in [0.4, 0.5) is 5.69 Å². The summed E-state index contributed by atoms with van der Waals surface area (Å²) < 4.78 is 0. The largest absolute Gasteiger partial charge is 0.508 e. The van der Waals surface area contributed by atoms with E-state index in [1.807, 2.05) is 0 Å². The maximum absolute atomic E-state index is 10.0. The number of phenols is 1. The lowest BCUT2D eigenvalue weighted by Crippen LogP contribution is -2.21. The summed E-state index contributed by atoms with van der Waals surface area (Å²) in [6.45, 7) is 10.1. The zero-order chi connectivity index (χ0) is 13.3. The zero-order valence-electron chi connectivity index (χ0n) is 10.6. The van der Waals surface area contributed by atoms with E-state index in [1.165, 1.54) is 43.9 Å². The molecule has 0 aromatic heterocycles. The van der Waals surface area contributed by atoms with Crippen LogP contribution in [-0.4, -0.2) is 34.6 Å². The summed E-state index contributed by atoms with van der Waals surface area (Å²) in [6.07, 6.45) is 0. The second kappa shape index (κ2) is 8.52. The summed E-state index contributed by atoms with van der Waals surface area (Å²) >= 11 is 0. The SMILES string of the molecule is CCN(CC)CC.O=[N+]([O-])c1ccc(O)cc1. The summed E-state index contributed by atoms with van der Waals surface area (Å²) in [4.78, 5) is 11.9. The van der Waals surface area contributed by atoms with Gasteiger partial charge in [0.2, 0.25) is 0 Å². The van der Waals surface area contributed by atoms with Gasteiger partial charge in [0.25, 0.3) is 5.69 Å². The van der Waals surface area contributed by atoms with Gasteiger partial charge in [-0.15, -0.1) is 0 Å². The highest BCUT2D eigenvalue weighted by Crippen LogP contribution is 2.14. The number of benzene rings is 1. The number of nitro benzene ring substituents is 1. The molecule has 17 heavy (non-hydrogen) atoms. The fourth-order valence-electron chi connectivity index (χ4n) is 1.25.